The van der Waals surface area contributed by atoms with Gasteiger partial charge in [-0.05, 0) is 47.1 Å². The van der Waals surface area contributed by atoms with Gasteiger partial charge in [0.05, 0.1) is 11.4 Å². The third kappa shape index (κ3) is 5.49. The van der Waals surface area contributed by atoms with E-state index in [1.165, 1.54) is 0 Å². The molecule has 1 aromatic carbocycles. The molecule has 1 aliphatic carbocycles. The van der Waals surface area contributed by atoms with E-state index in [1.807, 2.05) is 78.0 Å². The Morgan fingerprint density at radius 2 is 1.41 bits per heavy atom. The van der Waals surface area contributed by atoms with E-state index in [0.717, 1.165) is 28.1 Å². The van der Waals surface area contributed by atoms with E-state index in [4.69, 9.17) is 10.1 Å². The second kappa shape index (κ2) is 7.63. The minimum Gasteiger partial charge on any atom is -0.481 e. The Morgan fingerprint density at radius 1 is 0.926 bits per heavy atom. The van der Waals surface area contributed by atoms with Crippen LogP contribution in [0.3, 0.4) is 0 Å². The van der Waals surface area contributed by atoms with Gasteiger partial charge in [0.15, 0.2) is 5.78 Å². The molecule has 0 spiro atoms. The van der Waals surface area contributed by atoms with Gasteiger partial charge in [-0.1, -0.05) is 53.7 Å². The van der Waals surface area contributed by atoms with E-state index in [-0.39, 0.29) is 23.0 Å². The first-order valence-corrected chi connectivity index (χ1v) is 9.26. The van der Waals surface area contributed by atoms with E-state index in [9.17, 15) is 9.59 Å². The van der Waals surface area contributed by atoms with Crippen molar-refractivity contribution in [2.45, 2.75) is 54.4 Å². The van der Waals surface area contributed by atoms with Crippen molar-refractivity contribution in [1.82, 2.24) is 0 Å². The van der Waals surface area contributed by atoms with Crippen molar-refractivity contribution in [3.8, 4) is 0 Å². The monoisotopic (exact) mass is 367 g/mol. The number of hydrogen-bond acceptors (Lipinski definition) is 3. The van der Waals surface area contributed by atoms with Crippen molar-refractivity contribution in [2.75, 3.05) is 0 Å². The van der Waals surface area contributed by atoms with Crippen LogP contribution in [-0.2, 0) is 16.0 Å². The molecule has 0 aliphatic heterocycles. The largest absolute Gasteiger partial charge is 0.481 e. The molecule has 1 aliphatic rings. The Bertz CT molecular complexity index is 790. The zero-order valence-corrected chi connectivity index (χ0v) is 17.1. The number of carbonyl (C=O) groups is 2. The van der Waals surface area contributed by atoms with Gasteiger partial charge in [-0.3, -0.25) is 9.59 Å². The van der Waals surface area contributed by atoms with Crippen molar-refractivity contribution in [3.63, 3.8) is 0 Å². The van der Waals surface area contributed by atoms with Crippen molar-refractivity contribution in [1.29, 1.82) is 0 Å². The molecule has 1 N–H and O–H groups in total. The fourth-order valence-electron chi connectivity index (χ4n) is 2.93. The van der Waals surface area contributed by atoms with Crippen LogP contribution in [0.2, 0.25) is 0 Å². The highest BCUT2D eigenvalue weighted by molar-refractivity contribution is 6.23. The SMILES string of the molecule is CC(C)(C)C1=CC(=Nc2ccc(CCC(=O)O)cc2)C=C(C(C)(C)C)C1=O. The molecular weight excluding hydrogens is 338 g/mol. The van der Waals surface area contributed by atoms with Crippen LogP contribution in [0.25, 0.3) is 0 Å². The van der Waals surface area contributed by atoms with Gasteiger partial charge in [0, 0.05) is 17.6 Å². The molecular formula is C23H29NO3. The second-order valence-electron chi connectivity index (χ2n) is 9.04. The Hall–Kier alpha value is -2.49. The van der Waals surface area contributed by atoms with E-state index in [2.05, 4.69) is 0 Å². The Kier molecular flexibility index (Phi) is 5.88. The van der Waals surface area contributed by atoms with Crippen molar-refractivity contribution in [2.24, 2.45) is 15.8 Å². The zero-order valence-electron chi connectivity index (χ0n) is 17.1. The average molecular weight is 367 g/mol. The number of ketones is 1. The molecule has 0 bridgehead atoms. The van der Waals surface area contributed by atoms with Gasteiger partial charge in [0.1, 0.15) is 0 Å². The molecule has 0 amide bonds. The van der Waals surface area contributed by atoms with Gasteiger partial charge in [0.25, 0.3) is 0 Å². The summed E-state index contributed by atoms with van der Waals surface area (Å²) >= 11 is 0. The zero-order chi connectivity index (χ0) is 20.4. The lowest BCUT2D eigenvalue weighted by Gasteiger charge is -2.31. The third-order valence-corrected chi connectivity index (χ3v) is 4.51. The van der Waals surface area contributed by atoms with Crippen LogP contribution in [0.15, 0.2) is 52.6 Å². The van der Waals surface area contributed by atoms with E-state index in [0.29, 0.717) is 6.42 Å². The number of allylic oxidation sites excluding steroid dienone is 4. The molecule has 0 saturated carbocycles. The molecule has 2 rings (SSSR count). The summed E-state index contributed by atoms with van der Waals surface area (Å²) in [6.45, 7) is 12.2. The smallest absolute Gasteiger partial charge is 0.303 e. The number of Topliss-reactive ketones (excluding diaryl/α,β-unsaturated/α-hetero) is 1. The summed E-state index contributed by atoms with van der Waals surface area (Å²) < 4.78 is 0. The van der Waals surface area contributed by atoms with Gasteiger partial charge in [-0.15, -0.1) is 0 Å². The summed E-state index contributed by atoms with van der Waals surface area (Å²) in [6.07, 6.45) is 4.39. The summed E-state index contributed by atoms with van der Waals surface area (Å²) in [5.41, 5.74) is 3.54. The Labute approximate surface area is 161 Å². The lowest BCUT2D eigenvalue weighted by molar-refractivity contribution is -0.137. The lowest BCUT2D eigenvalue weighted by atomic mass is 9.72. The number of nitrogens with zero attached hydrogens (tertiary/aromatic N) is 1. The van der Waals surface area contributed by atoms with Crippen molar-refractivity contribution >= 4 is 23.2 Å². The average Bonchev–Trinajstić information content (AvgIpc) is 2.53. The first-order valence-electron chi connectivity index (χ1n) is 9.26. The molecule has 4 nitrogen and oxygen atoms in total. The van der Waals surface area contributed by atoms with Crippen LogP contribution < -0.4 is 0 Å². The topological polar surface area (TPSA) is 66.7 Å². The number of benzene rings is 1. The molecule has 0 atom stereocenters. The quantitative estimate of drug-likeness (QED) is 0.734. The maximum absolute atomic E-state index is 12.9. The molecule has 0 unspecified atom stereocenters. The van der Waals surface area contributed by atoms with E-state index in [1.54, 1.807) is 0 Å². The number of carboxylic acid groups (broad SMARTS) is 1. The summed E-state index contributed by atoms with van der Waals surface area (Å²) in [6, 6.07) is 7.57. The first-order chi connectivity index (χ1) is 12.4. The predicted octanol–water partition coefficient (Wildman–Crippen LogP) is 5.30. The highest BCUT2D eigenvalue weighted by Gasteiger charge is 2.34. The van der Waals surface area contributed by atoms with Crippen LogP contribution >= 0.6 is 0 Å². The van der Waals surface area contributed by atoms with Gasteiger partial charge < -0.3 is 5.11 Å². The molecule has 1 aromatic rings. The van der Waals surface area contributed by atoms with Crippen molar-refractivity contribution < 1.29 is 14.7 Å². The standard InChI is InChI=1S/C23H29NO3/c1-22(2,3)18-13-17(14-19(21(18)27)23(4,5)6)24-16-10-7-15(8-11-16)9-12-20(25)26/h7-8,10-11,13-14H,9,12H2,1-6H3,(H,25,26). The van der Waals surface area contributed by atoms with Gasteiger partial charge in [0.2, 0.25) is 0 Å². The van der Waals surface area contributed by atoms with Gasteiger partial charge in [-0.2, -0.15) is 0 Å². The number of rotatable bonds is 4. The Morgan fingerprint density at radius 3 is 1.81 bits per heavy atom. The summed E-state index contributed by atoms with van der Waals surface area (Å²) in [5.74, 6) is -0.705. The van der Waals surface area contributed by atoms with Crippen LogP contribution in [-0.4, -0.2) is 22.6 Å². The number of aliphatic imine (C=N–C) groups is 1. The Balaban J connectivity index is 2.39. The normalized spacial score (nSPS) is 15.3. The van der Waals surface area contributed by atoms with Gasteiger partial charge >= 0.3 is 5.97 Å². The van der Waals surface area contributed by atoms with Crippen molar-refractivity contribution in [3.05, 3.63) is 53.1 Å². The predicted molar refractivity (Wildman–Crippen MR) is 110 cm³/mol. The molecule has 0 saturated heterocycles. The number of aryl methyl sites for hydroxylation is 1. The minimum absolute atomic E-state index is 0.0953. The summed E-state index contributed by atoms with van der Waals surface area (Å²) in [5, 5.41) is 8.79. The van der Waals surface area contributed by atoms with Crippen LogP contribution in [0.1, 0.15) is 53.5 Å². The number of carbonyl (C=O) groups excluding carboxylic acids is 1. The molecule has 4 heteroatoms. The fourth-order valence-corrected chi connectivity index (χ4v) is 2.93. The van der Waals surface area contributed by atoms with Crippen LogP contribution in [0, 0.1) is 10.8 Å². The molecule has 0 aromatic heterocycles. The number of aliphatic carboxylic acids is 1. The fraction of sp³-hybridized carbons (Fsp3) is 0.435. The maximum Gasteiger partial charge on any atom is 0.303 e. The van der Waals surface area contributed by atoms with Crippen LogP contribution in [0.5, 0.6) is 0 Å². The molecule has 144 valence electrons. The van der Waals surface area contributed by atoms with Crippen LogP contribution in [0.4, 0.5) is 5.69 Å². The second-order valence-corrected chi connectivity index (χ2v) is 9.04. The van der Waals surface area contributed by atoms with E-state index < -0.39 is 5.97 Å². The highest BCUT2D eigenvalue weighted by atomic mass is 16.4. The first kappa shape index (κ1) is 20.8. The number of carboxylic acids is 1. The summed E-state index contributed by atoms with van der Waals surface area (Å²) in [7, 11) is 0. The van der Waals surface area contributed by atoms with Gasteiger partial charge in [-0.25, -0.2) is 4.99 Å². The maximum atomic E-state index is 12.9. The molecule has 0 fully saturated rings. The molecule has 27 heavy (non-hydrogen) atoms. The van der Waals surface area contributed by atoms with E-state index >= 15 is 0 Å². The molecule has 0 radical (unpaired) electrons. The number of hydrogen-bond donors (Lipinski definition) is 1. The summed E-state index contributed by atoms with van der Waals surface area (Å²) in [4.78, 5) is 28.4. The third-order valence-electron chi connectivity index (χ3n) is 4.51. The minimum atomic E-state index is -0.800. The molecule has 0 heterocycles. The lowest BCUT2D eigenvalue weighted by Crippen LogP contribution is -2.29. The highest BCUT2D eigenvalue weighted by Crippen LogP contribution is 2.37.